The van der Waals surface area contributed by atoms with E-state index in [9.17, 15) is 9.59 Å². The van der Waals surface area contributed by atoms with Gasteiger partial charge in [-0.25, -0.2) is 4.68 Å². The van der Waals surface area contributed by atoms with Crippen LogP contribution in [-0.2, 0) is 16.0 Å². The van der Waals surface area contributed by atoms with E-state index in [1.54, 1.807) is 4.90 Å². The minimum absolute atomic E-state index is 0.00337. The van der Waals surface area contributed by atoms with Crippen molar-refractivity contribution in [1.82, 2.24) is 15.1 Å². The molecule has 1 atom stereocenters. The number of hydrogen-bond acceptors (Lipinski definition) is 4. The van der Waals surface area contributed by atoms with Crippen molar-refractivity contribution < 1.29 is 9.59 Å². The molecule has 1 aliphatic heterocycles. The number of anilines is 1. The van der Waals surface area contributed by atoms with Crippen LogP contribution < -0.4 is 10.2 Å². The van der Waals surface area contributed by atoms with Crippen molar-refractivity contribution in [3.05, 3.63) is 71.9 Å². The van der Waals surface area contributed by atoms with E-state index in [1.165, 1.54) is 17.3 Å². The highest BCUT2D eigenvalue weighted by Gasteiger charge is 2.32. The van der Waals surface area contributed by atoms with Gasteiger partial charge in [0, 0.05) is 6.04 Å². The van der Waals surface area contributed by atoms with E-state index in [1.807, 2.05) is 67.1 Å². The first-order chi connectivity index (χ1) is 15.0. The average Bonchev–Trinajstić information content (AvgIpc) is 3.12. The molecular formula is C24H26N4O2S. The van der Waals surface area contributed by atoms with Crippen LogP contribution in [0.15, 0.2) is 65.7 Å². The van der Waals surface area contributed by atoms with Crippen LogP contribution in [0.25, 0.3) is 5.69 Å². The summed E-state index contributed by atoms with van der Waals surface area (Å²) in [5.41, 5.74) is 3.66. The fourth-order valence-corrected chi connectivity index (χ4v) is 4.83. The lowest BCUT2D eigenvalue weighted by molar-refractivity contribution is -0.123. The number of para-hydroxylation sites is 1. The minimum atomic E-state index is -0.154. The van der Waals surface area contributed by atoms with Crippen LogP contribution in [0.1, 0.15) is 24.6 Å². The van der Waals surface area contributed by atoms with Crippen LogP contribution in [-0.4, -0.2) is 39.9 Å². The molecule has 160 valence electrons. The Kier molecular flexibility index (Phi) is 6.42. The SMILES string of the molecule is Cc1nn(-c2ccccc2)c2c1N(CC(=O)N[C@@H](C)CCc1ccccc1)C(=O)CS2. The van der Waals surface area contributed by atoms with Gasteiger partial charge in [-0.3, -0.25) is 14.5 Å². The molecule has 4 rings (SSSR count). The molecule has 31 heavy (non-hydrogen) atoms. The molecule has 2 heterocycles. The van der Waals surface area contributed by atoms with Gasteiger partial charge in [-0.1, -0.05) is 60.3 Å². The Morgan fingerprint density at radius 3 is 2.52 bits per heavy atom. The number of nitrogens with zero attached hydrogens (tertiary/aromatic N) is 3. The largest absolute Gasteiger partial charge is 0.352 e. The second-order valence-corrected chi connectivity index (χ2v) is 8.71. The van der Waals surface area contributed by atoms with Crippen molar-refractivity contribution in [3.63, 3.8) is 0 Å². The maximum absolute atomic E-state index is 12.7. The second-order valence-electron chi connectivity index (χ2n) is 7.75. The van der Waals surface area contributed by atoms with Crippen LogP contribution in [0.5, 0.6) is 0 Å². The highest BCUT2D eigenvalue weighted by Crippen LogP contribution is 2.39. The van der Waals surface area contributed by atoms with Crippen molar-refractivity contribution in [2.24, 2.45) is 0 Å². The number of rotatable bonds is 7. The quantitative estimate of drug-likeness (QED) is 0.615. The molecule has 1 aromatic heterocycles. The summed E-state index contributed by atoms with van der Waals surface area (Å²) < 4.78 is 1.86. The van der Waals surface area contributed by atoms with Crippen LogP contribution in [0.4, 0.5) is 5.69 Å². The molecule has 0 fully saturated rings. The van der Waals surface area contributed by atoms with Crippen molar-refractivity contribution in [2.45, 2.75) is 37.8 Å². The molecule has 0 bridgehead atoms. The van der Waals surface area contributed by atoms with Crippen molar-refractivity contribution in [3.8, 4) is 5.69 Å². The van der Waals surface area contributed by atoms with E-state index >= 15 is 0 Å². The van der Waals surface area contributed by atoms with E-state index in [4.69, 9.17) is 0 Å². The fourth-order valence-electron chi connectivity index (χ4n) is 3.75. The Balaban J connectivity index is 1.45. The van der Waals surface area contributed by atoms with Crippen LogP contribution in [0.3, 0.4) is 0 Å². The Hall–Kier alpha value is -3.06. The summed E-state index contributed by atoms with van der Waals surface area (Å²) in [6.07, 6.45) is 1.74. The molecule has 0 spiro atoms. The van der Waals surface area contributed by atoms with E-state index in [0.29, 0.717) is 5.75 Å². The zero-order chi connectivity index (χ0) is 21.8. The monoisotopic (exact) mass is 434 g/mol. The van der Waals surface area contributed by atoms with Crippen molar-refractivity contribution >= 4 is 29.3 Å². The maximum Gasteiger partial charge on any atom is 0.240 e. The molecule has 1 N–H and O–H groups in total. The molecule has 3 aromatic rings. The molecular weight excluding hydrogens is 408 g/mol. The molecule has 2 amide bonds. The van der Waals surface area contributed by atoms with E-state index in [-0.39, 0.29) is 24.4 Å². The first-order valence-electron chi connectivity index (χ1n) is 10.4. The lowest BCUT2D eigenvalue weighted by atomic mass is 10.1. The first kappa shape index (κ1) is 21.2. The van der Waals surface area contributed by atoms with Gasteiger partial charge in [0.05, 0.1) is 22.8 Å². The first-order valence-corrected chi connectivity index (χ1v) is 11.4. The third kappa shape index (κ3) is 4.82. The van der Waals surface area contributed by atoms with Gasteiger partial charge < -0.3 is 5.32 Å². The predicted molar refractivity (Wildman–Crippen MR) is 124 cm³/mol. The van der Waals surface area contributed by atoms with Crippen molar-refractivity contribution in [2.75, 3.05) is 17.2 Å². The Labute approximate surface area is 186 Å². The normalized spacial score (nSPS) is 14.3. The Morgan fingerprint density at radius 1 is 1.13 bits per heavy atom. The number of aromatic nitrogens is 2. The van der Waals surface area contributed by atoms with Crippen LogP contribution in [0.2, 0.25) is 0 Å². The van der Waals surface area contributed by atoms with E-state index in [0.717, 1.165) is 34.9 Å². The summed E-state index contributed by atoms with van der Waals surface area (Å²) in [6, 6.07) is 20.1. The lowest BCUT2D eigenvalue weighted by Gasteiger charge is -2.27. The van der Waals surface area contributed by atoms with Gasteiger partial charge in [0.2, 0.25) is 11.8 Å². The number of aryl methyl sites for hydroxylation is 2. The molecule has 1 aliphatic rings. The number of benzene rings is 2. The number of amides is 2. The van der Waals surface area contributed by atoms with Gasteiger partial charge in [-0.15, -0.1) is 0 Å². The van der Waals surface area contributed by atoms with Gasteiger partial charge >= 0.3 is 0 Å². The third-order valence-electron chi connectivity index (χ3n) is 5.31. The highest BCUT2D eigenvalue weighted by atomic mass is 32.2. The summed E-state index contributed by atoms with van der Waals surface area (Å²) in [7, 11) is 0. The van der Waals surface area contributed by atoms with Gasteiger partial charge in [-0.05, 0) is 44.4 Å². The molecule has 6 nitrogen and oxygen atoms in total. The zero-order valence-corrected chi connectivity index (χ0v) is 18.6. The smallest absolute Gasteiger partial charge is 0.240 e. The molecule has 7 heteroatoms. The topological polar surface area (TPSA) is 67.2 Å². The minimum Gasteiger partial charge on any atom is -0.352 e. The standard InChI is InChI=1S/C24H26N4O2S/c1-17(13-14-19-9-5-3-6-10-19)25-21(29)15-27-22(30)16-31-24-23(27)18(2)26-28(24)20-11-7-4-8-12-20/h3-12,17H,13-16H2,1-2H3,(H,25,29)/t17-/m0/s1. The predicted octanol–water partition coefficient (Wildman–Crippen LogP) is 3.76. The van der Waals surface area contributed by atoms with Gasteiger partial charge in [-0.2, -0.15) is 5.10 Å². The number of carbonyl (C=O) groups excluding carboxylic acids is 2. The highest BCUT2D eigenvalue weighted by molar-refractivity contribution is 8.00. The number of thioether (sulfide) groups is 1. The summed E-state index contributed by atoms with van der Waals surface area (Å²) >= 11 is 1.47. The maximum atomic E-state index is 12.7. The number of hydrogen-bond donors (Lipinski definition) is 1. The fraction of sp³-hybridized carbons (Fsp3) is 0.292. The van der Waals surface area contributed by atoms with Crippen LogP contribution >= 0.6 is 11.8 Å². The average molecular weight is 435 g/mol. The molecule has 0 unspecified atom stereocenters. The number of carbonyl (C=O) groups is 2. The summed E-state index contributed by atoms with van der Waals surface area (Å²) in [6.45, 7) is 3.88. The molecule has 2 aromatic carbocycles. The number of nitrogens with one attached hydrogen (secondary N) is 1. The second kappa shape index (κ2) is 9.39. The Morgan fingerprint density at radius 2 is 1.81 bits per heavy atom. The van der Waals surface area contributed by atoms with E-state index < -0.39 is 0 Å². The molecule has 0 saturated carbocycles. The summed E-state index contributed by atoms with van der Waals surface area (Å²) in [5.74, 6) is 0.0702. The molecule has 0 saturated heterocycles. The van der Waals surface area contributed by atoms with E-state index in [2.05, 4.69) is 22.5 Å². The number of fused-ring (bicyclic) bond motifs is 1. The lowest BCUT2D eigenvalue weighted by Crippen LogP contribution is -2.45. The molecule has 0 aliphatic carbocycles. The van der Waals surface area contributed by atoms with Gasteiger partial charge in [0.25, 0.3) is 0 Å². The Bertz CT molecular complexity index is 1070. The summed E-state index contributed by atoms with van der Waals surface area (Å²) in [4.78, 5) is 27.0. The van der Waals surface area contributed by atoms with Crippen molar-refractivity contribution in [1.29, 1.82) is 0 Å². The third-order valence-corrected chi connectivity index (χ3v) is 6.34. The van der Waals surface area contributed by atoms with Gasteiger partial charge in [0.15, 0.2) is 0 Å². The zero-order valence-electron chi connectivity index (χ0n) is 17.7. The van der Waals surface area contributed by atoms with Gasteiger partial charge in [0.1, 0.15) is 11.6 Å². The van der Waals surface area contributed by atoms with Crippen LogP contribution in [0, 0.1) is 6.92 Å². The molecule has 0 radical (unpaired) electrons. The summed E-state index contributed by atoms with van der Waals surface area (Å²) in [5, 5.41) is 8.59.